The molecule has 0 aliphatic carbocycles. The van der Waals surface area contributed by atoms with Gasteiger partial charge in [-0.05, 0) is 37.6 Å². The molecule has 0 spiro atoms. The number of halogens is 4. The first-order chi connectivity index (χ1) is 9.75. The Hall–Kier alpha value is -1.49. The summed E-state index contributed by atoms with van der Waals surface area (Å²) in [6.45, 7) is 3.91. The van der Waals surface area contributed by atoms with Gasteiger partial charge in [0.2, 0.25) is 0 Å². The number of alkyl halides is 3. The predicted octanol–water partition coefficient (Wildman–Crippen LogP) is 5.95. The van der Waals surface area contributed by atoms with Crippen molar-refractivity contribution in [3.05, 3.63) is 63.6 Å². The molecular formula is C16H15BrF3N. The van der Waals surface area contributed by atoms with E-state index < -0.39 is 11.7 Å². The van der Waals surface area contributed by atoms with E-state index >= 15 is 0 Å². The smallest absolute Gasteiger partial charge is 0.378 e. The number of aryl methyl sites for hydroxylation is 1. The summed E-state index contributed by atoms with van der Waals surface area (Å²) in [5.74, 6) is 0. The van der Waals surface area contributed by atoms with E-state index in [1.54, 1.807) is 6.07 Å². The molecule has 112 valence electrons. The third kappa shape index (κ3) is 4.24. The second-order valence-corrected chi connectivity index (χ2v) is 5.92. The lowest BCUT2D eigenvalue weighted by molar-refractivity contribution is -0.137. The molecule has 2 aromatic carbocycles. The van der Waals surface area contributed by atoms with Crippen molar-refractivity contribution in [3.63, 3.8) is 0 Å². The van der Waals surface area contributed by atoms with Crippen molar-refractivity contribution < 1.29 is 13.2 Å². The van der Waals surface area contributed by atoms with Gasteiger partial charge in [-0.15, -0.1) is 0 Å². The zero-order valence-electron chi connectivity index (χ0n) is 11.6. The first-order valence-electron chi connectivity index (χ1n) is 6.46. The van der Waals surface area contributed by atoms with Gasteiger partial charge in [-0.2, -0.15) is 13.2 Å². The van der Waals surface area contributed by atoms with Gasteiger partial charge in [-0.25, -0.2) is 0 Å². The maximum Gasteiger partial charge on any atom is 0.416 e. The van der Waals surface area contributed by atoms with Gasteiger partial charge in [0.25, 0.3) is 0 Å². The van der Waals surface area contributed by atoms with Crippen molar-refractivity contribution in [1.82, 2.24) is 0 Å². The van der Waals surface area contributed by atoms with E-state index in [2.05, 4.69) is 21.2 Å². The van der Waals surface area contributed by atoms with E-state index in [0.29, 0.717) is 10.2 Å². The Balaban J connectivity index is 2.23. The highest BCUT2D eigenvalue weighted by Gasteiger charge is 2.31. The summed E-state index contributed by atoms with van der Waals surface area (Å²) in [5, 5.41) is 3.10. The molecule has 0 bridgehead atoms. The quantitative estimate of drug-likeness (QED) is 0.715. The lowest BCUT2D eigenvalue weighted by Crippen LogP contribution is -2.09. The van der Waals surface area contributed by atoms with E-state index in [4.69, 9.17) is 0 Å². The molecule has 5 heteroatoms. The van der Waals surface area contributed by atoms with Crippen molar-refractivity contribution in [2.45, 2.75) is 26.1 Å². The van der Waals surface area contributed by atoms with Crippen molar-refractivity contribution in [1.29, 1.82) is 0 Å². The lowest BCUT2D eigenvalue weighted by atomic mass is 10.1. The Labute approximate surface area is 130 Å². The average Bonchev–Trinajstić information content (AvgIpc) is 2.37. The minimum atomic E-state index is -4.35. The third-order valence-corrected chi connectivity index (χ3v) is 3.64. The van der Waals surface area contributed by atoms with Gasteiger partial charge in [0.15, 0.2) is 0 Å². The van der Waals surface area contributed by atoms with Gasteiger partial charge < -0.3 is 5.32 Å². The van der Waals surface area contributed by atoms with Crippen molar-refractivity contribution in [3.8, 4) is 0 Å². The standard InChI is InChI=1S/C16H15BrF3N/c1-10-3-5-12(6-4-10)11(2)21-15-8-13(16(18,19)20)7-14(17)9-15/h3-9,11,21H,1-2H3. The van der Waals surface area contributed by atoms with E-state index in [1.807, 2.05) is 38.1 Å². The molecule has 0 saturated heterocycles. The number of hydrogen-bond acceptors (Lipinski definition) is 1. The molecule has 1 unspecified atom stereocenters. The fourth-order valence-electron chi connectivity index (χ4n) is 2.03. The van der Waals surface area contributed by atoms with Gasteiger partial charge >= 0.3 is 6.18 Å². The second-order valence-electron chi connectivity index (χ2n) is 5.00. The minimum absolute atomic E-state index is 0.0824. The van der Waals surface area contributed by atoms with Gasteiger partial charge in [0.05, 0.1) is 5.56 Å². The molecule has 21 heavy (non-hydrogen) atoms. The van der Waals surface area contributed by atoms with Crippen molar-refractivity contribution in [2.24, 2.45) is 0 Å². The second kappa shape index (κ2) is 6.10. The summed E-state index contributed by atoms with van der Waals surface area (Å²) in [6.07, 6.45) is -4.35. The molecular weight excluding hydrogens is 343 g/mol. The van der Waals surface area contributed by atoms with Crippen LogP contribution in [0.2, 0.25) is 0 Å². The molecule has 1 nitrogen and oxygen atoms in total. The molecule has 0 fully saturated rings. The zero-order chi connectivity index (χ0) is 15.6. The first kappa shape index (κ1) is 15.9. The van der Waals surface area contributed by atoms with Crippen LogP contribution in [0.5, 0.6) is 0 Å². The maximum atomic E-state index is 12.8. The Kier molecular flexibility index (Phi) is 4.61. The van der Waals surface area contributed by atoms with Crippen LogP contribution in [0.4, 0.5) is 18.9 Å². The number of benzene rings is 2. The zero-order valence-corrected chi connectivity index (χ0v) is 13.2. The molecule has 0 aromatic heterocycles. The number of hydrogen-bond donors (Lipinski definition) is 1. The molecule has 0 aliphatic rings. The monoisotopic (exact) mass is 357 g/mol. The van der Waals surface area contributed by atoms with Gasteiger partial charge in [-0.1, -0.05) is 45.8 Å². The molecule has 0 saturated carbocycles. The molecule has 0 aliphatic heterocycles. The molecule has 1 N–H and O–H groups in total. The van der Waals surface area contributed by atoms with Crippen LogP contribution in [0.15, 0.2) is 46.9 Å². The molecule has 2 rings (SSSR count). The van der Waals surface area contributed by atoms with Crippen LogP contribution in [-0.4, -0.2) is 0 Å². The summed E-state index contributed by atoms with van der Waals surface area (Å²) in [7, 11) is 0. The Morgan fingerprint density at radius 2 is 1.67 bits per heavy atom. The summed E-state index contributed by atoms with van der Waals surface area (Å²) in [4.78, 5) is 0. The van der Waals surface area contributed by atoms with Crippen LogP contribution < -0.4 is 5.32 Å². The van der Waals surface area contributed by atoms with Crippen LogP contribution in [0, 0.1) is 6.92 Å². The summed E-state index contributed by atoms with van der Waals surface area (Å²) in [6, 6.07) is 11.6. The highest BCUT2D eigenvalue weighted by molar-refractivity contribution is 9.10. The fraction of sp³-hybridized carbons (Fsp3) is 0.250. The fourth-order valence-corrected chi connectivity index (χ4v) is 2.52. The number of rotatable bonds is 3. The largest absolute Gasteiger partial charge is 0.416 e. The average molecular weight is 358 g/mol. The highest BCUT2D eigenvalue weighted by Crippen LogP contribution is 2.34. The van der Waals surface area contributed by atoms with Crippen molar-refractivity contribution in [2.75, 3.05) is 5.32 Å². The third-order valence-electron chi connectivity index (χ3n) is 3.19. The van der Waals surface area contributed by atoms with Gasteiger partial charge in [0.1, 0.15) is 0 Å². The molecule has 0 amide bonds. The SMILES string of the molecule is Cc1ccc(C(C)Nc2cc(Br)cc(C(F)(F)F)c2)cc1. The van der Waals surface area contributed by atoms with Crippen LogP contribution in [0.3, 0.4) is 0 Å². The maximum absolute atomic E-state index is 12.8. The van der Waals surface area contributed by atoms with Gasteiger partial charge in [-0.3, -0.25) is 0 Å². The van der Waals surface area contributed by atoms with Crippen molar-refractivity contribution >= 4 is 21.6 Å². The Bertz CT molecular complexity index is 620. The van der Waals surface area contributed by atoms with Gasteiger partial charge in [0, 0.05) is 16.2 Å². The van der Waals surface area contributed by atoms with Crippen LogP contribution in [0.1, 0.15) is 29.7 Å². The van der Waals surface area contributed by atoms with E-state index in [-0.39, 0.29) is 6.04 Å². The normalized spacial score (nSPS) is 13.0. The molecule has 2 aromatic rings. The Morgan fingerprint density at radius 3 is 2.24 bits per heavy atom. The summed E-state index contributed by atoms with van der Waals surface area (Å²) < 4.78 is 38.8. The molecule has 0 radical (unpaired) electrons. The summed E-state index contributed by atoms with van der Waals surface area (Å²) >= 11 is 3.12. The van der Waals surface area contributed by atoms with Crippen LogP contribution in [-0.2, 0) is 6.18 Å². The summed E-state index contributed by atoms with van der Waals surface area (Å²) in [5.41, 5.74) is 1.93. The predicted molar refractivity (Wildman–Crippen MR) is 82.4 cm³/mol. The van der Waals surface area contributed by atoms with E-state index in [9.17, 15) is 13.2 Å². The van der Waals surface area contributed by atoms with Crippen LogP contribution in [0.25, 0.3) is 0 Å². The topological polar surface area (TPSA) is 12.0 Å². The lowest BCUT2D eigenvalue weighted by Gasteiger charge is -2.18. The molecule has 0 heterocycles. The highest BCUT2D eigenvalue weighted by atomic mass is 79.9. The first-order valence-corrected chi connectivity index (χ1v) is 7.26. The number of anilines is 1. The Morgan fingerprint density at radius 1 is 1.05 bits per heavy atom. The van der Waals surface area contributed by atoms with Crippen LogP contribution >= 0.6 is 15.9 Å². The molecule has 1 atom stereocenters. The minimum Gasteiger partial charge on any atom is -0.378 e. The number of nitrogens with one attached hydrogen (secondary N) is 1. The van der Waals surface area contributed by atoms with E-state index in [0.717, 1.165) is 23.3 Å². The van der Waals surface area contributed by atoms with E-state index in [1.165, 1.54) is 0 Å².